The molecule has 3 aromatic rings. The number of rotatable bonds is 4. The molecule has 5 nitrogen and oxygen atoms in total. The number of morpholine rings is 1. The Kier molecular flexibility index (Phi) is 6.71. The van der Waals surface area contributed by atoms with Gasteiger partial charge in [0.1, 0.15) is 11.9 Å². The van der Waals surface area contributed by atoms with Gasteiger partial charge in [0, 0.05) is 30.8 Å². The Bertz CT molecular complexity index is 1380. The summed E-state index contributed by atoms with van der Waals surface area (Å²) < 4.78 is 20.6. The quantitative estimate of drug-likeness (QED) is 0.421. The second-order valence-electron chi connectivity index (χ2n) is 10.4. The van der Waals surface area contributed by atoms with Crippen molar-refractivity contribution >= 4 is 17.9 Å². The Balaban J connectivity index is 1.20. The van der Waals surface area contributed by atoms with E-state index in [0.717, 1.165) is 37.7 Å². The average Bonchev–Trinajstić information content (AvgIpc) is 2.96. The number of hydrogen-bond acceptors (Lipinski definition) is 3. The first-order valence-corrected chi connectivity index (χ1v) is 13.5. The number of halogens is 1. The molecule has 2 atom stereocenters. The monoisotopic (exact) mass is 510 g/mol. The first-order chi connectivity index (χ1) is 18.6. The fraction of sp³-hybridized carbons (Fsp3) is 0.312. The summed E-state index contributed by atoms with van der Waals surface area (Å²) >= 11 is 0. The van der Waals surface area contributed by atoms with E-state index in [-0.39, 0.29) is 42.1 Å². The molecular formula is C32H31FN2O3. The molecule has 1 saturated heterocycles. The summed E-state index contributed by atoms with van der Waals surface area (Å²) in [7, 11) is 0. The van der Waals surface area contributed by atoms with E-state index in [4.69, 9.17) is 4.74 Å². The van der Waals surface area contributed by atoms with Crippen molar-refractivity contribution in [3.8, 4) is 0 Å². The number of nitrogens with zero attached hydrogens (tertiary/aromatic N) is 2. The van der Waals surface area contributed by atoms with Gasteiger partial charge in [0.05, 0.1) is 6.04 Å². The highest BCUT2D eigenvalue weighted by Crippen LogP contribution is 2.34. The molecule has 0 bridgehead atoms. The smallest absolute Gasteiger partial charge is 0.289 e. The Labute approximate surface area is 222 Å². The van der Waals surface area contributed by atoms with Gasteiger partial charge in [0.25, 0.3) is 11.8 Å². The summed E-state index contributed by atoms with van der Waals surface area (Å²) in [5, 5.41) is 0. The van der Waals surface area contributed by atoms with E-state index in [1.807, 2.05) is 41.3 Å². The number of benzene rings is 3. The van der Waals surface area contributed by atoms with E-state index < -0.39 is 0 Å². The number of amides is 2. The van der Waals surface area contributed by atoms with Crippen LogP contribution in [0.3, 0.4) is 0 Å². The predicted molar refractivity (Wildman–Crippen MR) is 143 cm³/mol. The molecule has 3 aromatic carbocycles. The first-order valence-electron chi connectivity index (χ1n) is 13.5. The van der Waals surface area contributed by atoms with Gasteiger partial charge in [-0.15, -0.1) is 0 Å². The van der Waals surface area contributed by atoms with E-state index in [0.29, 0.717) is 24.2 Å². The number of ether oxygens (including phenoxy) is 1. The van der Waals surface area contributed by atoms with Crippen LogP contribution in [-0.4, -0.2) is 40.3 Å². The Morgan fingerprint density at radius 2 is 1.68 bits per heavy atom. The molecule has 2 fully saturated rings. The molecule has 3 aliphatic rings. The van der Waals surface area contributed by atoms with Gasteiger partial charge < -0.3 is 14.5 Å². The van der Waals surface area contributed by atoms with Gasteiger partial charge in [0.2, 0.25) is 0 Å². The van der Waals surface area contributed by atoms with Gasteiger partial charge in [0.15, 0.2) is 5.76 Å². The maximum atomic E-state index is 14.4. The number of fused-ring (bicyclic) bond motifs is 2. The molecule has 0 spiro atoms. The van der Waals surface area contributed by atoms with Gasteiger partial charge in [-0.25, -0.2) is 4.39 Å². The van der Waals surface area contributed by atoms with Crippen LogP contribution in [0.5, 0.6) is 0 Å². The minimum Gasteiger partial charge on any atom is -0.482 e. The first kappa shape index (κ1) is 24.4. The highest BCUT2D eigenvalue weighted by molar-refractivity contribution is 5.97. The Morgan fingerprint density at radius 3 is 2.50 bits per heavy atom. The van der Waals surface area contributed by atoms with E-state index in [9.17, 15) is 14.0 Å². The van der Waals surface area contributed by atoms with Gasteiger partial charge in [-0.3, -0.25) is 9.59 Å². The lowest BCUT2D eigenvalue weighted by molar-refractivity contribution is -0.149. The number of hydrogen-bond donors (Lipinski definition) is 0. The van der Waals surface area contributed by atoms with E-state index in [2.05, 4.69) is 12.1 Å². The molecule has 0 N–H and O–H groups in total. The van der Waals surface area contributed by atoms with E-state index >= 15 is 0 Å². The molecule has 38 heavy (non-hydrogen) atoms. The van der Waals surface area contributed by atoms with Crippen molar-refractivity contribution in [2.24, 2.45) is 0 Å². The summed E-state index contributed by atoms with van der Waals surface area (Å²) in [5.41, 5.74) is 4.42. The zero-order valence-corrected chi connectivity index (χ0v) is 21.3. The Hall–Kier alpha value is -3.93. The van der Waals surface area contributed by atoms with Gasteiger partial charge in [-0.05, 0) is 66.6 Å². The largest absolute Gasteiger partial charge is 0.482 e. The topological polar surface area (TPSA) is 49.9 Å². The van der Waals surface area contributed by atoms with Crippen molar-refractivity contribution in [1.29, 1.82) is 0 Å². The van der Waals surface area contributed by atoms with Crippen LogP contribution in [-0.2, 0) is 29.0 Å². The van der Waals surface area contributed by atoms with E-state index in [1.54, 1.807) is 29.2 Å². The molecule has 1 saturated carbocycles. The van der Waals surface area contributed by atoms with Gasteiger partial charge in [-0.2, -0.15) is 0 Å². The maximum Gasteiger partial charge on any atom is 0.289 e. The molecule has 0 radical (unpaired) electrons. The van der Waals surface area contributed by atoms with Crippen LogP contribution in [0.15, 0.2) is 78.6 Å². The zero-order chi connectivity index (χ0) is 26.1. The molecule has 2 heterocycles. The van der Waals surface area contributed by atoms with Crippen molar-refractivity contribution in [3.63, 3.8) is 0 Å². The summed E-state index contributed by atoms with van der Waals surface area (Å²) in [5.74, 6) is -0.244. The average molecular weight is 511 g/mol. The molecular weight excluding hydrogens is 479 g/mol. The minimum atomic E-state index is -0.304. The molecule has 6 rings (SSSR count). The normalized spacial score (nSPS) is 22.0. The third-order valence-corrected chi connectivity index (χ3v) is 7.99. The molecule has 194 valence electrons. The zero-order valence-electron chi connectivity index (χ0n) is 21.3. The molecule has 6 heteroatoms. The van der Waals surface area contributed by atoms with Crippen LogP contribution in [0.25, 0.3) is 6.08 Å². The molecule has 2 amide bonds. The second-order valence-corrected chi connectivity index (χ2v) is 10.4. The van der Waals surface area contributed by atoms with Gasteiger partial charge in [-0.1, -0.05) is 61.0 Å². The third-order valence-electron chi connectivity index (χ3n) is 7.99. The minimum absolute atomic E-state index is 0.00445. The van der Waals surface area contributed by atoms with Crippen molar-refractivity contribution in [2.45, 2.75) is 57.3 Å². The lowest BCUT2D eigenvalue weighted by Crippen LogP contribution is -2.54. The van der Waals surface area contributed by atoms with Crippen LogP contribution in [0, 0.1) is 5.82 Å². The fourth-order valence-corrected chi connectivity index (χ4v) is 5.90. The molecule has 0 aromatic heterocycles. The van der Waals surface area contributed by atoms with Crippen LogP contribution in [0.4, 0.5) is 4.39 Å². The van der Waals surface area contributed by atoms with Crippen LogP contribution >= 0.6 is 0 Å². The van der Waals surface area contributed by atoms with Crippen LogP contribution in [0.1, 0.15) is 58.3 Å². The van der Waals surface area contributed by atoms with Gasteiger partial charge >= 0.3 is 0 Å². The Morgan fingerprint density at radius 1 is 0.947 bits per heavy atom. The third kappa shape index (κ3) is 4.83. The summed E-state index contributed by atoms with van der Waals surface area (Å²) in [6, 6.07) is 22.1. The van der Waals surface area contributed by atoms with Crippen molar-refractivity contribution in [1.82, 2.24) is 9.80 Å². The fourth-order valence-electron chi connectivity index (χ4n) is 5.90. The summed E-state index contributed by atoms with van der Waals surface area (Å²) in [6.07, 6.45) is 6.31. The van der Waals surface area contributed by atoms with Crippen molar-refractivity contribution < 1.29 is 18.7 Å². The van der Waals surface area contributed by atoms with Crippen molar-refractivity contribution in [3.05, 3.63) is 112 Å². The van der Waals surface area contributed by atoms with Crippen LogP contribution in [0.2, 0.25) is 0 Å². The van der Waals surface area contributed by atoms with E-state index in [1.165, 1.54) is 17.2 Å². The predicted octanol–water partition coefficient (Wildman–Crippen LogP) is 5.74. The lowest BCUT2D eigenvalue weighted by Gasteiger charge is -2.44. The number of carbonyl (C=O) groups is 2. The molecule has 2 aliphatic heterocycles. The highest BCUT2D eigenvalue weighted by Gasteiger charge is 2.41. The second kappa shape index (κ2) is 10.4. The lowest BCUT2D eigenvalue weighted by atomic mass is 9.89. The standard InChI is InChI=1S/C32H31FN2O3/c33-27-10-4-3-9-26(27)21-35-28-11-5-6-12-29(28)38-30(32(35)37)19-22-13-15-24(16-14-22)31(36)34-18-17-23-7-1-2-8-25(23)20-34/h1-4,7-10,13-16,19,28-29H,5-6,11-12,17-18,20-21H2/b30-19-. The summed E-state index contributed by atoms with van der Waals surface area (Å²) in [4.78, 5) is 30.4. The maximum absolute atomic E-state index is 14.4. The molecule has 2 unspecified atom stereocenters. The highest BCUT2D eigenvalue weighted by atomic mass is 19.1. The number of carbonyl (C=O) groups excluding carboxylic acids is 2. The van der Waals surface area contributed by atoms with Crippen LogP contribution < -0.4 is 0 Å². The summed E-state index contributed by atoms with van der Waals surface area (Å²) in [6.45, 7) is 1.54. The molecule has 1 aliphatic carbocycles. The SMILES string of the molecule is O=C(c1ccc(/C=C2\OC3CCCCC3N(Cc3ccccc3F)C2=O)cc1)N1CCc2ccccc2C1. The van der Waals surface area contributed by atoms with Crippen molar-refractivity contribution in [2.75, 3.05) is 6.54 Å².